The van der Waals surface area contributed by atoms with Crippen LogP contribution < -0.4 is 0 Å². The van der Waals surface area contributed by atoms with Crippen molar-refractivity contribution in [2.45, 2.75) is 48.0 Å². The molecule has 2 heterocycles. The summed E-state index contributed by atoms with van der Waals surface area (Å²) in [7, 11) is 0. The first-order chi connectivity index (χ1) is 9.61. The number of nitrogens with zero attached hydrogens (tertiary/aromatic N) is 3. The van der Waals surface area contributed by atoms with E-state index in [-0.39, 0.29) is 11.9 Å². The summed E-state index contributed by atoms with van der Waals surface area (Å²) in [6.07, 6.45) is 1.10. The van der Waals surface area contributed by atoms with Crippen LogP contribution in [0.5, 0.6) is 0 Å². The van der Waals surface area contributed by atoms with E-state index in [4.69, 9.17) is 5.26 Å². The smallest absolute Gasteiger partial charge is 0.320 e. The van der Waals surface area contributed by atoms with Crippen LogP contribution in [0.1, 0.15) is 48.0 Å². The van der Waals surface area contributed by atoms with Crippen molar-refractivity contribution in [2.24, 2.45) is 17.8 Å². The van der Waals surface area contributed by atoms with Crippen molar-refractivity contribution >= 4 is 6.03 Å². The van der Waals surface area contributed by atoms with Gasteiger partial charge < -0.3 is 9.80 Å². The average molecular weight is 281 g/mol. The fraction of sp³-hybridized carbons (Fsp3) is 0.875. The van der Waals surface area contributed by atoms with Crippen molar-refractivity contribution in [1.29, 1.82) is 5.26 Å². The van der Waals surface area contributed by atoms with Crippen molar-refractivity contribution in [2.75, 3.05) is 26.2 Å². The van der Waals surface area contributed by atoms with E-state index in [1.165, 1.54) is 0 Å². The molecule has 0 saturated carbocycles. The minimum absolute atomic E-state index is 0.0603. The molecular formula is C16H31N3O. The first-order valence-electron chi connectivity index (χ1n) is 8.05. The lowest BCUT2D eigenvalue weighted by atomic mass is 9.89. The van der Waals surface area contributed by atoms with Gasteiger partial charge in [0, 0.05) is 26.2 Å². The molecule has 2 fully saturated rings. The first kappa shape index (κ1) is 18.8. The molecule has 2 saturated heterocycles. The number of hydrogen-bond acceptors (Lipinski definition) is 2. The Labute approximate surface area is 124 Å². The number of nitriles is 1. The summed E-state index contributed by atoms with van der Waals surface area (Å²) in [5, 5.41) is 8.67. The molecule has 0 spiro atoms. The van der Waals surface area contributed by atoms with E-state index in [0.717, 1.165) is 19.5 Å². The lowest BCUT2D eigenvalue weighted by Crippen LogP contribution is -2.56. The van der Waals surface area contributed by atoms with Crippen LogP contribution in [0.3, 0.4) is 0 Å². The molecule has 2 atom stereocenters. The molecule has 0 bridgehead atoms. The molecule has 2 unspecified atom stereocenters. The quantitative estimate of drug-likeness (QED) is 0.681. The van der Waals surface area contributed by atoms with Crippen molar-refractivity contribution in [1.82, 2.24) is 9.80 Å². The molecule has 2 aliphatic rings. The Morgan fingerprint density at radius 1 is 1.00 bits per heavy atom. The van der Waals surface area contributed by atoms with E-state index in [2.05, 4.69) is 19.9 Å². The second-order valence-corrected chi connectivity index (χ2v) is 5.20. The molecular weight excluding hydrogens is 250 g/mol. The van der Waals surface area contributed by atoms with Gasteiger partial charge in [0.15, 0.2) is 0 Å². The molecule has 2 amide bonds. The maximum absolute atomic E-state index is 12.0. The monoisotopic (exact) mass is 281 g/mol. The van der Waals surface area contributed by atoms with Gasteiger partial charge in [0.05, 0.1) is 12.0 Å². The lowest BCUT2D eigenvalue weighted by Gasteiger charge is -2.42. The van der Waals surface area contributed by atoms with Gasteiger partial charge in [-0.15, -0.1) is 0 Å². The first-order valence-corrected chi connectivity index (χ1v) is 8.05. The topological polar surface area (TPSA) is 47.3 Å². The summed E-state index contributed by atoms with van der Waals surface area (Å²) < 4.78 is 0. The molecule has 4 heteroatoms. The SMILES string of the molecule is CC.CC.CC1CCN(C(=O)N2CC(C#N)C2)CC1C. The van der Waals surface area contributed by atoms with Gasteiger partial charge in [0.2, 0.25) is 0 Å². The van der Waals surface area contributed by atoms with E-state index in [1.807, 2.05) is 32.6 Å². The molecule has 0 aromatic rings. The molecule has 0 aliphatic carbocycles. The fourth-order valence-corrected chi connectivity index (χ4v) is 2.35. The van der Waals surface area contributed by atoms with E-state index >= 15 is 0 Å². The number of amides is 2. The fourth-order valence-electron chi connectivity index (χ4n) is 2.35. The molecule has 116 valence electrons. The van der Waals surface area contributed by atoms with Crippen LogP contribution in [0.2, 0.25) is 0 Å². The van der Waals surface area contributed by atoms with Crippen molar-refractivity contribution in [3.63, 3.8) is 0 Å². The van der Waals surface area contributed by atoms with Crippen LogP contribution in [-0.4, -0.2) is 42.0 Å². The van der Waals surface area contributed by atoms with E-state index in [9.17, 15) is 4.79 Å². The van der Waals surface area contributed by atoms with Crippen molar-refractivity contribution < 1.29 is 4.79 Å². The normalized spacial score (nSPS) is 25.2. The van der Waals surface area contributed by atoms with Gasteiger partial charge >= 0.3 is 6.03 Å². The Bertz CT molecular complexity index is 318. The standard InChI is InChI=1S/C12H19N3O.2C2H6/c1-9-3-4-14(6-10(9)2)12(16)15-7-11(5-13)8-15;2*1-2/h9-11H,3-4,6-8H2,1-2H3;2*1-2H3. The Kier molecular flexibility index (Phi) is 9.03. The Balaban J connectivity index is 0.000000829. The minimum atomic E-state index is 0.0603. The Hall–Kier alpha value is -1.24. The summed E-state index contributed by atoms with van der Waals surface area (Å²) in [6.45, 7) is 15.4. The third kappa shape index (κ3) is 4.70. The van der Waals surface area contributed by atoms with E-state index < -0.39 is 0 Å². The largest absolute Gasteiger partial charge is 0.324 e. The predicted molar refractivity (Wildman–Crippen MR) is 83.3 cm³/mol. The maximum atomic E-state index is 12.0. The minimum Gasteiger partial charge on any atom is -0.324 e. The molecule has 0 aromatic carbocycles. The highest BCUT2D eigenvalue weighted by Crippen LogP contribution is 2.25. The average Bonchev–Trinajstić information content (AvgIpc) is 2.45. The number of carbonyl (C=O) groups is 1. The van der Waals surface area contributed by atoms with Gasteiger partial charge in [-0.25, -0.2) is 4.79 Å². The number of rotatable bonds is 0. The number of likely N-dealkylation sites (tertiary alicyclic amines) is 2. The molecule has 0 aromatic heterocycles. The van der Waals surface area contributed by atoms with Crippen LogP contribution in [0.25, 0.3) is 0 Å². The highest BCUT2D eigenvalue weighted by Gasteiger charge is 2.35. The van der Waals surface area contributed by atoms with Crippen molar-refractivity contribution in [3.05, 3.63) is 0 Å². The highest BCUT2D eigenvalue weighted by atomic mass is 16.2. The number of carbonyl (C=O) groups excluding carboxylic acids is 1. The van der Waals surface area contributed by atoms with Gasteiger partial charge in [-0.2, -0.15) is 5.26 Å². The van der Waals surface area contributed by atoms with Crippen LogP contribution in [0.4, 0.5) is 4.79 Å². The zero-order valence-corrected chi connectivity index (χ0v) is 14.0. The Morgan fingerprint density at radius 3 is 2.00 bits per heavy atom. The van der Waals surface area contributed by atoms with Crippen LogP contribution in [-0.2, 0) is 0 Å². The van der Waals surface area contributed by atoms with Crippen LogP contribution >= 0.6 is 0 Å². The molecule has 2 rings (SSSR count). The van der Waals surface area contributed by atoms with Gasteiger partial charge in [-0.1, -0.05) is 41.5 Å². The second kappa shape index (κ2) is 9.63. The second-order valence-electron chi connectivity index (χ2n) is 5.20. The van der Waals surface area contributed by atoms with Gasteiger partial charge in [0.1, 0.15) is 0 Å². The van der Waals surface area contributed by atoms with Crippen molar-refractivity contribution in [3.8, 4) is 6.07 Å². The van der Waals surface area contributed by atoms with Crippen LogP contribution in [0.15, 0.2) is 0 Å². The number of hydrogen-bond donors (Lipinski definition) is 0. The number of piperidine rings is 1. The van der Waals surface area contributed by atoms with E-state index in [0.29, 0.717) is 24.9 Å². The summed E-state index contributed by atoms with van der Waals surface area (Å²) in [5.41, 5.74) is 0. The zero-order valence-electron chi connectivity index (χ0n) is 14.0. The van der Waals surface area contributed by atoms with Gasteiger partial charge in [-0.05, 0) is 18.3 Å². The lowest BCUT2D eigenvalue weighted by molar-refractivity contribution is 0.0831. The molecule has 0 radical (unpaired) electrons. The van der Waals surface area contributed by atoms with Gasteiger partial charge in [-0.3, -0.25) is 0 Å². The molecule has 4 nitrogen and oxygen atoms in total. The molecule has 2 aliphatic heterocycles. The predicted octanol–water partition coefficient (Wildman–Crippen LogP) is 3.59. The Morgan fingerprint density at radius 2 is 1.55 bits per heavy atom. The third-order valence-corrected chi connectivity index (χ3v) is 3.94. The zero-order chi connectivity index (χ0) is 15.7. The van der Waals surface area contributed by atoms with Gasteiger partial charge in [0.25, 0.3) is 0 Å². The summed E-state index contributed by atoms with van der Waals surface area (Å²) in [4.78, 5) is 15.8. The molecule has 0 N–H and O–H groups in total. The van der Waals surface area contributed by atoms with Crippen LogP contribution in [0, 0.1) is 29.1 Å². The third-order valence-electron chi connectivity index (χ3n) is 3.94. The summed E-state index contributed by atoms with van der Waals surface area (Å²) in [6, 6.07) is 2.32. The highest BCUT2D eigenvalue weighted by molar-refractivity contribution is 5.75. The molecule has 20 heavy (non-hydrogen) atoms. The van der Waals surface area contributed by atoms with E-state index in [1.54, 1.807) is 4.90 Å². The summed E-state index contributed by atoms with van der Waals surface area (Å²) in [5.74, 6) is 1.36. The summed E-state index contributed by atoms with van der Waals surface area (Å²) >= 11 is 0. The maximum Gasteiger partial charge on any atom is 0.320 e. The number of urea groups is 1.